The number of nitrogens with one attached hydrogen (secondary N) is 2. The smallest absolute Gasteiger partial charge is 0.268 e. The average Bonchev–Trinajstić information content (AvgIpc) is 2.86. The fourth-order valence-electron chi connectivity index (χ4n) is 1.65. The molecule has 96 valence electrons. The van der Waals surface area contributed by atoms with E-state index in [1.165, 1.54) is 0 Å². The van der Waals surface area contributed by atoms with E-state index >= 15 is 0 Å². The molecule has 0 aliphatic carbocycles. The molecule has 0 aromatic carbocycles. The van der Waals surface area contributed by atoms with Crippen LogP contribution in [-0.2, 0) is 7.05 Å². The third-order valence-corrected chi connectivity index (χ3v) is 5.01. The number of carbonyl (C=O) groups excluding carboxylic acids is 1. The molecule has 1 aromatic heterocycles. The van der Waals surface area contributed by atoms with Gasteiger partial charge in [0.05, 0.1) is 14.1 Å². The molecule has 0 radical (unpaired) electrons. The van der Waals surface area contributed by atoms with E-state index in [1.807, 2.05) is 13.2 Å². The molecule has 0 unspecified atom stereocenters. The van der Waals surface area contributed by atoms with Crippen LogP contribution in [0.2, 0.25) is 0 Å². The second kappa shape index (κ2) is 5.54. The third-order valence-electron chi connectivity index (χ3n) is 2.65. The van der Waals surface area contributed by atoms with E-state index in [9.17, 15) is 4.79 Å². The van der Waals surface area contributed by atoms with Gasteiger partial charge in [-0.25, -0.2) is 0 Å². The van der Waals surface area contributed by atoms with Gasteiger partial charge >= 0.3 is 0 Å². The van der Waals surface area contributed by atoms with E-state index in [2.05, 4.69) is 42.5 Å². The lowest BCUT2D eigenvalue weighted by Crippen LogP contribution is -2.27. The zero-order chi connectivity index (χ0) is 13.3. The fraction of sp³-hybridized carbons (Fsp3) is 0.273. The highest BCUT2D eigenvalue weighted by Crippen LogP contribution is 2.26. The van der Waals surface area contributed by atoms with Gasteiger partial charge < -0.3 is 15.2 Å². The molecular weight excluding hydrogens is 382 g/mol. The van der Waals surface area contributed by atoms with Gasteiger partial charge in [-0.2, -0.15) is 0 Å². The van der Waals surface area contributed by atoms with Gasteiger partial charge in [0.15, 0.2) is 0 Å². The lowest BCUT2D eigenvalue weighted by Gasteiger charge is -2.06. The Morgan fingerprint density at radius 2 is 2.33 bits per heavy atom. The molecular formula is C11H11Br2N3OS. The Labute approximate surface area is 127 Å². The first-order chi connectivity index (χ1) is 8.49. The van der Waals surface area contributed by atoms with Crippen molar-refractivity contribution in [3.63, 3.8) is 0 Å². The molecule has 1 amide bonds. The summed E-state index contributed by atoms with van der Waals surface area (Å²) in [5, 5.41) is 5.83. The molecule has 0 saturated carbocycles. The summed E-state index contributed by atoms with van der Waals surface area (Å²) in [5.41, 5.74) is 1.68. The molecule has 18 heavy (non-hydrogen) atoms. The van der Waals surface area contributed by atoms with Gasteiger partial charge in [0.25, 0.3) is 5.91 Å². The Hall–Kier alpha value is -0.660. The molecule has 0 bridgehead atoms. The highest BCUT2D eigenvalue weighted by molar-refractivity contribution is 9.13. The summed E-state index contributed by atoms with van der Waals surface area (Å²) in [6.45, 7) is 0.506. The molecule has 2 N–H and O–H groups in total. The van der Waals surface area contributed by atoms with Crippen LogP contribution in [0.5, 0.6) is 0 Å². The molecule has 2 rings (SSSR count). The van der Waals surface area contributed by atoms with Crippen molar-refractivity contribution in [2.45, 2.75) is 6.42 Å². The molecule has 0 spiro atoms. The summed E-state index contributed by atoms with van der Waals surface area (Å²) in [5.74, 6) is -0.109. The topological polar surface area (TPSA) is 46.1 Å². The van der Waals surface area contributed by atoms with E-state index in [4.69, 9.17) is 12.2 Å². The molecule has 1 aliphatic rings. The van der Waals surface area contributed by atoms with E-state index < -0.39 is 0 Å². The van der Waals surface area contributed by atoms with Gasteiger partial charge in [0, 0.05) is 26.2 Å². The van der Waals surface area contributed by atoms with Gasteiger partial charge in [0.1, 0.15) is 5.69 Å². The molecule has 0 fully saturated rings. The summed E-state index contributed by atoms with van der Waals surface area (Å²) in [6.07, 6.45) is 2.57. The van der Waals surface area contributed by atoms with Crippen LogP contribution in [0.3, 0.4) is 0 Å². The fourth-order valence-corrected chi connectivity index (χ4v) is 2.68. The van der Waals surface area contributed by atoms with E-state index in [1.54, 1.807) is 10.6 Å². The zero-order valence-electron chi connectivity index (χ0n) is 9.59. The minimum Gasteiger partial charge on any atom is -0.356 e. The second-order valence-electron chi connectivity index (χ2n) is 3.96. The van der Waals surface area contributed by atoms with Crippen LogP contribution in [-0.4, -0.2) is 22.0 Å². The Kier molecular flexibility index (Phi) is 4.24. The van der Waals surface area contributed by atoms with Crippen LogP contribution in [0.15, 0.2) is 26.9 Å². The minimum absolute atomic E-state index is 0.109. The lowest BCUT2D eigenvalue weighted by atomic mass is 10.2. The first-order valence-electron chi connectivity index (χ1n) is 5.25. The second-order valence-corrected chi connectivity index (χ2v) is 6.06. The maximum atomic E-state index is 12.0. The number of carbonyl (C=O) groups is 1. The monoisotopic (exact) mass is 391 g/mol. The van der Waals surface area contributed by atoms with Gasteiger partial charge in [0.2, 0.25) is 0 Å². The molecule has 0 saturated heterocycles. The number of amides is 1. The third kappa shape index (κ3) is 2.84. The van der Waals surface area contributed by atoms with Gasteiger partial charge in [-0.3, -0.25) is 4.79 Å². The Bertz CT molecular complexity index is 551. The van der Waals surface area contributed by atoms with Crippen molar-refractivity contribution in [3.05, 3.63) is 32.6 Å². The van der Waals surface area contributed by atoms with Crippen LogP contribution in [0, 0.1) is 0 Å². The number of aromatic nitrogens is 1. The standard InChI is InChI=1S/C11H11Br2N3OS/c1-16-8(3-7(12)10(16)13)11(17)15-5-6-2-9(18)14-4-6/h3-4H,2,5H2,1H3,(H,14,18)(H,15,17). The van der Waals surface area contributed by atoms with Crippen molar-refractivity contribution in [1.29, 1.82) is 0 Å². The quantitative estimate of drug-likeness (QED) is 0.777. The van der Waals surface area contributed by atoms with E-state index in [0.29, 0.717) is 12.2 Å². The van der Waals surface area contributed by atoms with Crippen LogP contribution in [0.25, 0.3) is 0 Å². The Balaban J connectivity index is 2.00. The SMILES string of the molecule is Cn1c(C(=O)NCC2=CNC(=S)C2)cc(Br)c1Br. The molecule has 2 heterocycles. The number of nitrogens with zero attached hydrogens (tertiary/aromatic N) is 1. The maximum absolute atomic E-state index is 12.0. The Morgan fingerprint density at radius 3 is 2.83 bits per heavy atom. The Morgan fingerprint density at radius 1 is 1.61 bits per heavy atom. The lowest BCUT2D eigenvalue weighted by molar-refractivity contribution is 0.0948. The highest BCUT2D eigenvalue weighted by atomic mass is 79.9. The van der Waals surface area contributed by atoms with Crippen molar-refractivity contribution in [1.82, 2.24) is 15.2 Å². The molecule has 7 heteroatoms. The summed E-state index contributed by atoms with van der Waals surface area (Å²) < 4.78 is 3.49. The number of hydrogen-bond acceptors (Lipinski definition) is 2. The summed E-state index contributed by atoms with van der Waals surface area (Å²) in [4.78, 5) is 12.8. The molecule has 4 nitrogen and oxygen atoms in total. The predicted octanol–water partition coefficient (Wildman–Crippen LogP) is 2.48. The largest absolute Gasteiger partial charge is 0.356 e. The van der Waals surface area contributed by atoms with Gasteiger partial charge in [-0.1, -0.05) is 12.2 Å². The van der Waals surface area contributed by atoms with E-state index in [-0.39, 0.29) is 5.91 Å². The molecule has 0 atom stereocenters. The first-order valence-corrected chi connectivity index (χ1v) is 7.24. The predicted molar refractivity (Wildman–Crippen MR) is 81.6 cm³/mol. The van der Waals surface area contributed by atoms with E-state index in [0.717, 1.165) is 26.1 Å². The normalized spacial score (nSPS) is 14.4. The maximum Gasteiger partial charge on any atom is 0.268 e. The average molecular weight is 393 g/mol. The van der Waals surface area contributed by atoms with Crippen molar-refractivity contribution in [3.8, 4) is 0 Å². The zero-order valence-corrected chi connectivity index (χ0v) is 13.6. The summed E-state index contributed by atoms with van der Waals surface area (Å²) in [7, 11) is 1.83. The molecule has 1 aliphatic heterocycles. The van der Waals surface area contributed by atoms with Crippen molar-refractivity contribution < 1.29 is 4.79 Å². The van der Waals surface area contributed by atoms with Gasteiger partial charge in [-0.05, 0) is 43.5 Å². The number of halogens is 2. The highest BCUT2D eigenvalue weighted by Gasteiger charge is 2.16. The van der Waals surface area contributed by atoms with Crippen molar-refractivity contribution in [2.24, 2.45) is 7.05 Å². The molecule has 1 aromatic rings. The van der Waals surface area contributed by atoms with Gasteiger partial charge in [-0.15, -0.1) is 0 Å². The van der Waals surface area contributed by atoms with Crippen LogP contribution < -0.4 is 10.6 Å². The van der Waals surface area contributed by atoms with Crippen molar-refractivity contribution in [2.75, 3.05) is 6.54 Å². The minimum atomic E-state index is -0.109. The summed E-state index contributed by atoms with van der Waals surface area (Å²) >= 11 is 11.8. The first kappa shape index (κ1) is 13.8. The number of thiocarbonyl (C=S) groups is 1. The van der Waals surface area contributed by atoms with Crippen LogP contribution in [0.4, 0.5) is 0 Å². The number of rotatable bonds is 3. The summed E-state index contributed by atoms with van der Waals surface area (Å²) in [6, 6.07) is 1.78. The number of hydrogen-bond donors (Lipinski definition) is 2. The van der Waals surface area contributed by atoms with Crippen LogP contribution >= 0.6 is 44.1 Å². The van der Waals surface area contributed by atoms with Crippen LogP contribution in [0.1, 0.15) is 16.9 Å². The van der Waals surface area contributed by atoms with Crippen molar-refractivity contribution >= 4 is 55.0 Å².